The molecule has 0 unspecified atom stereocenters. The smallest absolute Gasteiger partial charge is 0.382 e. The number of rotatable bonds is 4. The third-order valence-electron chi connectivity index (χ3n) is 2.12. The van der Waals surface area contributed by atoms with E-state index in [1.54, 1.807) is 0 Å². The van der Waals surface area contributed by atoms with E-state index in [-0.39, 0.29) is 29.7 Å². The quantitative estimate of drug-likeness (QED) is 0.833. The van der Waals surface area contributed by atoms with Crippen LogP contribution in [0.25, 0.3) is 0 Å². The van der Waals surface area contributed by atoms with Crippen LogP contribution in [0.15, 0.2) is 18.2 Å². The zero-order valence-electron chi connectivity index (χ0n) is 9.57. The molecule has 0 aliphatic heterocycles. The molecule has 0 saturated heterocycles. The lowest BCUT2D eigenvalue weighted by atomic mass is 10.1. The maximum absolute atomic E-state index is 12.7. The molecule has 0 fully saturated rings. The number of halogens is 4. The minimum atomic E-state index is -4.47. The molecule has 0 atom stereocenters. The number of alkyl halides is 3. The van der Waals surface area contributed by atoms with Crippen LogP contribution in [0.5, 0.6) is 0 Å². The molecule has 7 heteroatoms. The molecule has 18 heavy (non-hydrogen) atoms. The highest BCUT2D eigenvalue weighted by Crippen LogP contribution is 2.38. The normalized spacial score (nSPS) is 11.2. The lowest BCUT2D eigenvalue weighted by Crippen LogP contribution is -2.26. The van der Waals surface area contributed by atoms with Crippen molar-refractivity contribution in [3.8, 4) is 0 Å². The summed E-state index contributed by atoms with van der Waals surface area (Å²) in [5.74, 6) is -0.244. The lowest BCUT2D eigenvalue weighted by molar-refractivity contribution is -0.137. The van der Waals surface area contributed by atoms with Gasteiger partial charge >= 0.3 is 6.18 Å². The summed E-state index contributed by atoms with van der Waals surface area (Å²) < 4.78 is 38.1. The van der Waals surface area contributed by atoms with Crippen molar-refractivity contribution in [2.45, 2.75) is 13.1 Å². The predicted molar refractivity (Wildman–Crippen MR) is 63.6 cm³/mol. The fourth-order valence-corrected chi connectivity index (χ4v) is 1.61. The number of para-hydroxylation sites is 1. The third-order valence-corrected chi connectivity index (χ3v) is 2.43. The van der Waals surface area contributed by atoms with Crippen molar-refractivity contribution >= 4 is 23.2 Å². The number of hydrogen-bond donors (Lipinski definition) is 2. The number of hydrogen-bond acceptors (Lipinski definition) is 2. The highest BCUT2D eigenvalue weighted by molar-refractivity contribution is 6.33. The van der Waals surface area contributed by atoms with Gasteiger partial charge in [-0.2, -0.15) is 13.2 Å². The van der Waals surface area contributed by atoms with Gasteiger partial charge in [0.25, 0.3) is 0 Å². The Bertz CT molecular complexity index is 435. The monoisotopic (exact) mass is 280 g/mol. The van der Waals surface area contributed by atoms with Crippen molar-refractivity contribution in [3.63, 3.8) is 0 Å². The summed E-state index contributed by atoms with van der Waals surface area (Å²) in [4.78, 5) is 10.6. The van der Waals surface area contributed by atoms with Crippen LogP contribution in [0.4, 0.5) is 18.9 Å². The minimum absolute atomic E-state index is 0.00681. The maximum atomic E-state index is 12.7. The number of carbonyl (C=O) groups is 1. The highest BCUT2D eigenvalue weighted by Gasteiger charge is 2.34. The van der Waals surface area contributed by atoms with Gasteiger partial charge in [-0.25, -0.2) is 0 Å². The first-order chi connectivity index (χ1) is 8.32. The van der Waals surface area contributed by atoms with Gasteiger partial charge in [0.05, 0.1) is 16.3 Å². The summed E-state index contributed by atoms with van der Waals surface area (Å²) in [5, 5.41) is 5.04. The second kappa shape index (κ2) is 5.95. The maximum Gasteiger partial charge on any atom is 0.418 e. The van der Waals surface area contributed by atoms with E-state index in [9.17, 15) is 18.0 Å². The Morgan fingerprint density at radius 1 is 1.33 bits per heavy atom. The van der Waals surface area contributed by atoms with Gasteiger partial charge < -0.3 is 10.6 Å². The molecule has 1 amide bonds. The van der Waals surface area contributed by atoms with Crippen LogP contribution < -0.4 is 10.6 Å². The average molecular weight is 281 g/mol. The van der Waals surface area contributed by atoms with Gasteiger partial charge in [-0.15, -0.1) is 0 Å². The zero-order valence-corrected chi connectivity index (χ0v) is 10.3. The van der Waals surface area contributed by atoms with E-state index < -0.39 is 11.7 Å². The number of amides is 1. The van der Waals surface area contributed by atoms with Crippen molar-refractivity contribution in [2.75, 3.05) is 18.4 Å². The van der Waals surface area contributed by atoms with E-state index in [0.29, 0.717) is 0 Å². The van der Waals surface area contributed by atoms with E-state index >= 15 is 0 Å². The number of carbonyl (C=O) groups excluding carboxylic acids is 1. The molecule has 100 valence electrons. The molecule has 0 aliphatic rings. The zero-order chi connectivity index (χ0) is 13.8. The summed E-state index contributed by atoms with van der Waals surface area (Å²) in [6.07, 6.45) is -4.47. The van der Waals surface area contributed by atoms with E-state index in [4.69, 9.17) is 11.6 Å². The van der Waals surface area contributed by atoms with Crippen LogP contribution >= 0.6 is 11.6 Å². The van der Waals surface area contributed by atoms with Crippen LogP contribution in [0.2, 0.25) is 5.02 Å². The molecular weight excluding hydrogens is 269 g/mol. The third kappa shape index (κ3) is 4.10. The first kappa shape index (κ1) is 14.6. The van der Waals surface area contributed by atoms with Crippen LogP contribution in [0, 0.1) is 0 Å². The molecule has 1 rings (SSSR count). The number of nitrogens with one attached hydrogen (secondary N) is 2. The first-order valence-electron chi connectivity index (χ1n) is 5.16. The van der Waals surface area contributed by atoms with Gasteiger partial charge in [0.2, 0.25) is 5.91 Å². The summed E-state index contributed by atoms with van der Waals surface area (Å²) >= 11 is 5.73. The molecule has 0 radical (unpaired) electrons. The van der Waals surface area contributed by atoms with Gasteiger partial charge in [0, 0.05) is 20.0 Å². The molecule has 0 bridgehead atoms. The fourth-order valence-electron chi connectivity index (χ4n) is 1.37. The van der Waals surface area contributed by atoms with E-state index in [0.717, 1.165) is 6.07 Å². The van der Waals surface area contributed by atoms with Gasteiger partial charge in [-0.3, -0.25) is 4.79 Å². The first-order valence-corrected chi connectivity index (χ1v) is 5.54. The molecule has 0 heterocycles. The van der Waals surface area contributed by atoms with E-state index in [1.807, 2.05) is 0 Å². The number of benzene rings is 1. The Hall–Kier alpha value is -1.43. The summed E-state index contributed by atoms with van der Waals surface area (Å²) in [6.45, 7) is 1.71. The largest absolute Gasteiger partial charge is 0.418 e. The van der Waals surface area contributed by atoms with Crippen LogP contribution in [0.1, 0.15) is 12.5 Å². The Morgan fingerprint density at radius 3 is 2.56 bits per heavy atom. The molecule has 0 saturated carbocycles. The SMILES string of the molecule is CC(=O)NCCNc1c(Cl)cccc1C(F)(F)F. The Morgan fingerprint density at radius 2 is 2.00 bits per heavy atom. The standard InChI is InChI=1S/C11H12ClF3N2O/c1-7(18)16-5-6-17-10-8(11(13,14)15)3-2-4-9(10)12/h2-4,17H,5-6H2,1H3,(H,16,18). The summed E-state index contributed by atoms with van der Waals surface area (Å²) in [5.41, 5.74) is -0.991. The molecular formula is C11H12ClF3N2O. The van der Waals surface area contributed by atoms with Crippen molar-refractivity contribution in [3.05, 3.63) is 28.8 Å². The van der Waals surface area contributed by atoms with Crippen molar-refractivity contribution in [1.82, 2.24) is 5.32 Å². The molecule has 0 aliphatic carbocycles. The number of anilines is 1. The second-order valence-corrected chi connectivity index (χ2v) is 3.98. The van der Waals surface area contributed by atoms with Gasteiger partial charge in [0.1, 0.15) is 0 Å². The molecule has 0 spiro atoms. The summed E-state index contributed by atoms with van der Waals surface area (Å²) in [6, 6.07) is 3.56. The predicted octanol–water partition coefficient (Wildman–Crippen LogP) is 2.91. The minimum Gasteiger partial charge on any atom is -0.382 e. The molecule has 2 N–H and O–H groups in total. The van der Waals surface area contributed by atoms with E-state index in [2.05, 4.69) is 10.6 Å². The fraction of sp³-hybridized carbons (Fsp3) is 0.364. The second-order valence-electron chi connectivity index (χ2n) is 3.57. The average Bonchev–Trinajstić information content (AvgIpc) is 2.24. The van der Waals surface area contributed by atoms with Gasteiger partial charge in [0.15, 0.2) is 0 Å². The van der Waals surface area contributed by atoms with Crippen LogP contribution in [0.3, 0.4) is 0 Å². The van der Waals surface area contributed by atoms with Crippen LogP contribution in [-0.4, -0.2) is 19.0 Å². The van der Waals surface area contributed by atoms with Crippen molar-refractivity contribution in [2.24, 2.45) is 0 Å². The Kier molecular flexibility index (Phi) is 4.84. The lowest BCUT2D eigenvalue weighted by Gasteiger charge is -2.15. The van der Waals surface area contributed by atoms with Crippen LogP contribution in [-0.2, 0) is 11.0 Å². The Balaban J connectivity index is 2.78. The van der Waals surface area contributed by atoms with Crippen molar-refractivity contribution in [1.29, 1.82) is 0 Å². The molecule has 0 aromatic heterocycles. The van der Waals surface area contributed by atoms with Gasteiger partial charge in [-0.05, 0) is 12.1 Å². The van der Waals surface area contributed by atoms with E-state index in [1.165, 1.54) is 19.1 Å². The highest BCUT2D eigenvalue weighted by atomic mass is 35.5. The molecule has 3 nitrogen and oxygen atoms in total. The molecule has 1 aromatic rings. The summed E-state index contributed by atoms with van der Waals surface area (Å²) in [7, 11) is 0. The van der Waals surface area contributed by atoms with Gasteiger partial charge in [-0.1, -0.05) is 17.7 Å². The Labute approximate surface area is 107 Å². The van der Waals surface area contributed by atoms with Crippen molar-refractivity contribution < 1.29 is 18.0 Å². The topological polar surface area (TPSA) is 41.1 Å². The molecule has 1 aromatic carbocycles.